The Balaban J connectivity index is 1.44. The van der Waals surface area contributed by atoms with E-state index >= 15 is 0 Å². The number of thiophene rings is 1. The van der Waals surface area contributed by atoms with E-state index < -0.39 is 11.0 Å². The van der Waals surface area contributed by atoms with Crippen LogP contribution in [0.3, 0.4) is 0 Å². The number of morpholine rings is 1. The van der Waals surface area contributed by atoms with Gasteiger partial charge in [-0.25, -0.2) is 18.5 Å². The Labute approximate surface area is 182 Å². The lowest BCUT2D eigenvalue weighted by Crippen LogP contribution is -2.46. The summed E-state index contributed by atoms with van der Waals surface area (Å²) in [5.41, 5.74) is 1.87. The maximum absolute atomic E-state index is 11.7. The molecule has 10 heteroatoms. The zero-order chi connectivity index (χ0) is 20.5. The predicted octanol–water partition coefficient (Wildman–Crippen LogP) is 2.20. The van der Waals surface area contributed by atoms with Gasteiger partial charge in [-0.3, -0.25) is 4.90 Å². The van der Waals surface area contributed by atoms with Gasteiger partial charge in [0.2, 0.25) is 0 Å². The lowest BCUT2D eigenvalue weighted by molar-refractivity contribution is 0.122. The highest BCUT2D eigenvalue weighted by atomic mass is 32.2. The van der Waals surface area contributed by atoms with Gasteiger partial charge in [0, 0.05) is 56.9 Å². The molecular weight excluding hydrogens is 422 g/mol. The summed E-state index contributed by atoms with van der Waals surface area (Å²) >= 11 is 1.78. The van der Waals surface area contributed by atoms with E-state index in [4.69, 9.17) is 19.1 Å². The minimum atomic E-state index is -0.882. The molecule has 2 aliphatic heterocycles. The van der Waals surface area contributed by atoms with Crippen LogP contribution in [0.5, 0.6) is 0 Å². The first kappa shape index (κ1) is 20.1. The van der Waals surface area contributed by atoms with E-state index in [9.17, 15) is 4.21 Å². The van der Waals surface area contributed by atoms with Crippen LogP contribution < -0.4 is 4.90 Å². The molecule has 0 aliphatic carbocycles. The third-order valence-corrected chi connectivity index (χ3v) is 7.77. The van der Waals surface area contributed by atoms with E-state index in [0.717, 1.165) is 67.4 Å². The molecule has 2 aliphatic rings. The van der Waals surface area contributed by atoms with E-state index in [-0.39, 0.29) is 0 Å². The van der Waals surface area contributed by atoms with Crippen LogP contribution in [0.25, 0.3) is 21.6 Å². The Kier molecular flexibility index (Phi) is 5.83. The van der Waals surface area contributed by atoms with Gasteiger partial charge in [0.05, 0.1) is 46.2 Å². The molecule has 2 fully saturated rings. The van der Waals surface area contributed by atoms with Crippen LogP contribution in [-0.4, -0.2) is 82.1 Å². The molecule has 160 valence electrons. The average Bonchev–Trinajstić information content (AvgIpc) is 3.44. The number of aromatic nitrogens is 2. The fourth-order valence-electron chi connectivity index (χ4n) is 3.92. The summed E-state index contributed by atoms with van der Waals surface area (Å²) in [6.07, 6.45) is 5.10. The zero-order valence-corrected chi connectivity index (χ0v) is 18.6. The number of piperazine rings is 1. The maximum atomic E-state index is 11.7. The van der Waals surface area contributed by atoms with E-state index in [1.807, 2.05) is 10.4 Å². The second-order valence-electron chi connectivity index (χ2n) is 7.54. The molecule has 5 heterocycles. The molecular formula is C20H25N5O3S2. The van der Waals surface area contributed by atoms with Crippen LogP contribution >= 0.6 is 11.3 Å². The van der Waals surface area contributed by atoms with Gasteiger partial charge in [-0.05, 0) is 12.1 Å². The van der Waals surface area contributed by atoms with Crippen molar-refractivity contribution in [3.8, 4) is 11.4 Å². The highest BCUT2D eigenvalue weighted by molar-refractivity contribution is 7.81. The fourth-order valence-corrected chi connectivity index (χ4v) is 5.75. The highest BCUT2D eigenvalue weighted by Crippen LogP contribution is 2.35. The Hall–Kier alpha value is -1.85. The van der Waals surface area contributed by atoms with Gasteiger partial charge in [0.15, 0.2) is 11.6 Å². The van der Waals surface area contributed by atoms with Crippen LogP contribution in [0.2, 0.25) is 0 Å². The van der Waals surface area contributed by atoms with Gasteiger partial charge in [0.25, 0.3) is 0 Å². The second kappa shape index (κ2) is 8.72. The number of nitrogens with zero attached hydrogens (tertiary/aromatic N) is 5. The van der Waals surface area contributed by atoms with Gasteiger partial charge in [-0.1, -0.05) is 0 Å². The second-order valence-corrected chi connectivity index (χ2v) is 10.0. The molecule has 2 saturated heterocycles. The molecule has 0 N–H and O–H groups in total. The van der Waals surface area contributed by atoms with Crippen LogP contribution in [0.1, 0.15) is 4.88 Å². The largest absolute Gasteiger partial charge is 0.472 e. The topological polar surface area (TPSA) is 74.9 Å². The molecule has 5 rings (SSSR count). The van der Waals surface area contributed by atoms with Gasteiger partial charge < -0.3 is 14.1 Å². The van der Waals surface area contributed by atoms with Crippen molar-refractivity contribution in [2.45, 2.75) is 6.54 Å². The fraction of sp³-hybridized carbons (Fsp3) is 0.500. The summed E-state index contributed by atoms with van der Waals surface area (Å²) in [5.74, 6) is 1.68. The molecule has 1 atom stereocenters. The minimum absolute atomic E-state index is 0.695. The number of ether oxygens (including phenoxy) is 1. The first-order valence-corrected chi connectivity index (χ1v) is 12.5. The number of hydrogen-bond acceptors (Lipinski definition) is 8. The summed E-state index contributed by atoms with van der Waals surface area (Å²) in [4.78, 5) is 15.8. The number of anilines is 1. The van der Waals surface area contributed by atoms with Crippen molar-refractivity contribution in [3.05, 3.63) is 29.5 Å². The van der Waals surface area contributed by atoms with Gasteiger partial charge >= 0.3 is 0 Å². The van der Waals surface area contributed by atoms with E-state index in [0.29, 0.717) is 19.0 Å². The lowest BCUT2D eigenvalue weighted by Gasteiger charge is -2.32. The van der Waals surface area contributed by atoms with Crippen molar-refractivity contribution >= 4 is 38.4 Å². The first-order valence-electron chi connectivity index (χ1n) is 10.1. The Morgan fingerprint density at radius 1 is 1.13 bits per heavy atom. The summed E-state index contributed by atoms with van der Waals surface area (Å²) in [7, 11) is -0.882. The van der Waals surface area contributed by atoms with Crippen LogP contribution in [0, 0.1) is 0 Å². The van der Waals surface area contributed by atoms with Crippen molar-refractivity contribution in [2.24, 2.45) is 0 Å². The van der Waals surface area contributed by atoms with Crippen molar-refractivity contribution in [2.75, 3.05) is 63.6 Å². The third-order valence-electron chi connectivity index (χ3n) is 5.57. The normalized spacial score (nSPS) is 20.1. The average molecular weight is 448 g/mol. The molecule has 8 nitrogen and oxygen atoms in total. The van der Waals surface area contributed by atoms with Crippen LogP contribution in [0.15, 0.2) is 29.1 Å². The number of rotatable bonds is 5. The summed E-state index contributed by atoms with van der Waals surface area (Å²) in [6.45, 7) is 7.53. The van der Waals surface area contributed by atoms with Gasteiger partial charge in [-0.15, -0.1) is 11.3 Å². The Bertz CT molecular complexity index is 1020. The number of furan rings is 1. The van der Waals surface area contributed by atoms with E-state index in [1.165, 1.54) is 4.88 Å². The zero-order valence-electron chi connectivity index (χ0n) is 17.0. The number of fused-ring (bicyclic) bond motifs is 1. The molecule has 1 unspecified atom stereocenters. The minimum Gasteiger partial charge on any atom is -0.472 e. The molecule has 3 aromatic rings. The number of hydrogen-bond donors (Lipinski definition) is 0. The SMILES string of the molecule is CS(=O)N1CCN(Cc2cc3nc(-c4ccoc4)nc(N4CCOCC4)c3s2)CC1. The molecule has 0 saturated carbocycles. The molecule has 30 heavy (non-hydrogen) atoms. The maximum Gasteiger partial charge on any atom is 0.165 e. The predicted molar refractivity (Wildman–Crippen MR) is 119 cm³/mol. The van der Waals surface area contributed by atoms with Crippen molar-refractivity contribution in [1.82, 2.24) is 19.2 Å². The first-order chi connectivity index (χ1) is 14.7. The van der Waals surface area contributed by atoms with Gasteiger partial charge in [-0.2, -0.15) is 0 Å². The molecule has 0 amide bonds. The molecule has 0 radical (unpaired) electrons. The Morgan fingerprint density at radius 3 is 2.63 bits per heavy atom. The standard InChI is InChI=1S/C20H25N5O3S2/c1-30(26)25-5-3-23(4-6-25)13-16-12-17-18(29-16)20(24-7-10-27-11-8-24)22-19(21-17)15-2-9-28-14-15/h2,9,12,14H,3-8,10-11,13H2,1H3. The van der Waals surface area contributed by atoms with E-state index in [2.05, 4.69) is 15.9 Å². The molecule has 0 aromatic carbocycles. The monoisotopic (exact) mass is 447 g/mol. The van der Waals surface area contributed by atoms with Crippen molar-refractivity contribution < 1.29 is 13.4 Å². The van der Waals surface area contributed by atoms with Crippen molar-refractivity contribution in [1.29, 1.82) is 0 Å². The molecule has 0 bridgehead atoms. The Morgan fingerprint density at radius 2 is 1.93 bits per heavy atom. The molecule has 3 aromatic heterocycles. The highest BCUT2D eigenvalue weighted by Gasteiger charge is 2.23. The summed E-state index contributed by atoms with van der Waals surface area (Å²) in [5, 5.41) is 0. The quantitative estimate of drug-likeness (QED) is 0.594. The van der Waals surface area contributed by atoms with Crippen LogP contribution in [-0.2, 0) is 22.3 Å². The summed E-state index contributed by atoms with van der Waals surface area (Å²) in [6, 6.07) is 4.09. The van der Waals surface area contributed by atoms with E-state index in [1.54, 1.807) is 30.1 Å². The summed E-state index contributed by atoms with van der Waals surface area (Å²) < 4.78 is 25.6. The van der Waals surface area contributed by atoms with Gasteiger partial charge in [0.1, 0.15) is 6.26 Å². The van der Waals surface area contributed by atoms with Crippen molar-refractivity contribution in [3.63, 3.8) is 0 Å². The lowest BCUT2D eigenvalue weighted by atomic mass is 10.3. The third kappa shape index (κ3) is 4.15. The molecule has 0 spiro atoms. The van der Waals surface area contributed by atoms with Crippen LogP contribution in [0.4, 0.5) is 5.82 Å². The smallest absolute Gasteiger partial charge is 0.165 e.